The topological polar surface area (TPSA) is 58.2 Å². The fraction of sp³-hybridized carbons (Fsp3) is 0.500. The fourth-order valence-corrected chi connectivity index (χ4v) is 2.99. The van der Waals surface area contributed by atoms with Crippen LogP contribution in [0.5, 0.6) is 0 Å². The summed E-state index contributed by atoms with van der Waals surface area (Å²) < 4.78 is 40.8. The molecule has 0 unspecified atom stereocenters. The summed E-state index contributed by atoms with van der Waals surface area (Å²) in [6.07, 6.45) is -2.92. The van der Waals surface area contributed by atoms with Crippen LogP contribution < -0.4 is 0 Å². The Morgan fingerprint density at radius 3 is 3.00 bits per heavy atom. The molecule has 0 aliphatic carbocycles. The molecule has 1 aromatic carbocycles. The zero-order valence-corrected chi connectivity index (χ0v) is 13.2. The summed E-state index contributed by atoms with van der Waals surface area (Å²) in [6.45, 7) is 0.481. The Bertz CT molecular complexity index is 742. The number of carbonyl (C=O) groups is 1. The number of benzene rings is 1. The van der Waals surface area contributed by atoms with Crippen LogP contribution in [0.1, 0.15) is 30.3 Å². The number of carbonyl (C=O) groups excluding carboxylic acids is 1. The van der Waals surface area contributed by atoms with Crippen LogP contribution in [-0.2, 0) is 9.53 Å². The second-order valence-electron chi connectivity index (χ2n) is 6.00. The maximum Gasteiger partial charge on any atom is 0.411 e. The number of halogens is 3. The Morgan fingerprint density at radius 1 is 1.46 bits per heavy atom. The largest absolute Gasteiger partial charge is 0.411 e. The number of aromatic amines is 1. The number of amides is 1. The van der Waals surface area contributed by atoms with Crippen LogP contribution in [0.25, 0.3) is 11.0 Å². The summed E-state index contributed by atoms with van der Waals surface area (Å²) in [5.41, 5.74) is 2.79. The number of rotatable bonds is 4. The molecule has 1 N–H and O–H groups in total. The quantitative estimate of drug-likeness (QED) is 0.930. The van der Waals surface area contributed by atoms with E-state index < -0.39 is 25.3 Å². The van der Waals surface area contributed by atoms with Gasteiger partial charge in [0.15, 0.2) is 0 Å². The highest BCUT2D eigenvalue weighted by Crippen LogP contribution is 2.31. The van der Waals surface area contributed by atoms with Crippen LogP contribution in [0.3, 0.4) is 0 Å². The summed E-state index contributed by atoms with van der Waals surface area (Å²) >= 11 is 0. The first-order valence-electron chi connectivity index (χ1n) is 7.74. The molecule has 1 atom stereocenters. The third kappa shape index (κ3) is 3.69. The number of aromatic nitrogens is 2. The van der Waals surface area contributed by atoms with Crippen LogP contribution in [0.4, 0.5) is 13.2 Å². The Kier molecular flexibility index (Phi) is 4.49. The Hall–Kier alpha value is -2.09. The SMILES string of the molecule is Cc1ccc2nc([C@@H]3CCCN3C(=O)COCC(F)(F)F)[nH]c2c1. The van der Waals surface area contributed by atoms with Gasteiger partial charge < -0.3 is 14.6 Å². The molecule has 0 saturated carbocycles. The van der Waals surface area contributed by atoms with Gasteiger partial charge in [-0.15, -0.1) is 0 Å². The number of ether oxygens (including phenoxy) is 1. The summed E-state index contributed by atoms with van der Waals surface area (Å²) in [6, 6.07) is 5.58. The summed E-state index contributed by atoms with van der Waals surface area (Å²) in [4.78, 5) is 21.5. The Labute approximate surface area is 136 Å². The van der Waals surface area contributed by atoms with Crippen molar-refractivity contribution in [3.05, 3.63) is 29.6 Å². The number of fused-ring (bicyclic) bond motifs is 1. The Morgan fingerprint density at radius 2 is 2.25 bits per heavy atom. The van der Waals surface area contributed by atoms with E-state index in [1.54, 1.807) is 4.90 Å². The van der Waals surface area contributed by atoms with Crippen molar-refractivity contribution in [1.82, 2.24) is 14.9 Å². The maximum atomic E-state index is 12.2. The average molecular weight is 341 g/mol. The Balaban J connectivity index is 1.71. The molecule has 0 bridgehead atoms. The lowest BCUT2D eigenvalue weighted by Gasteiger charge is -2.23. The number of nitrogens with zero attached hydrogens (tertiary/aromatic N) is 2. The van der Waals surface area contributed by atoms with E-state index in [2.05, 4.69) is 14.7 Å². The molecule has 5 nitrogen and oxygen atoms in total. The first-order valence-corrected chi connectivity index (χ1v) is 7.74. The molecule has 8 heteroatoms. The van der Waals surface area contributed by atoms with E-state index in [1.165, 1.54) is 0 Å². The minimum atomic E-state index is -4.43. The van der Waals surface area contributed by atoms with Gasteiger partial charge in [-0.1, -0.05) is 6.07 Å². The number of hydrogen-bond acceptors (Lipinski definition) is 3. The normalized spacial score (nSPS) is 18.5. The van der Waals surface area contributed by atoms with E-state index in [1.807, 2.05) is 25.1 Å². The number of hydrogen-bond donors (Lipinski definition) is 1. The van der Waals surface area contributed by atoms with Crippen molar-refractivity contribution >= 4 is 16.9 Å². The van der Waals surface area contributed by atoms with Crippen molar-refractivity contribution in [1.29, 1.82) is 0 Å². The van der Waals surface area contributed by atoms with Gasteiger partial charge in [0.2, 0.25) is 5.91 Å². The van der Waals surface area contributed by atoms with Crippen molar-refractivity contribution in [3.63, 3.8) is 0 Å². The van der Waals surface area contributed by atoms with Crippen molar-refractivity contribution in [2.75, 3.05) is 19.8 Å². The predicted octanol–water partition coefficient (Wildman–Crippen LogP) is 3.11. The molecular formula is C16H18F3N3O2. The zero-order valence-electron chi connectivity index (χ0n) is 13.2. The molecule has 1 aliphatic rings. The molecular weight excluding hydrogens is 323 g/mol. The molecule has 1 aliphatic heterocycles. The summed E-state index contributed by atoms with van der Waals surface area (Å²) in [7, 11) is 0. The lowest BCUT2D eigenvalue weighted by atomic mass is 10.2. The van der Waals surface area contributed by atoms with E-state index in [0.717, 1.165) is 29.4 Å². The van der Waals surface area contributed by atoms with E-state index in [-0.39, 0.29) is 6.04 Å². The van der Waals surface area contributed by atoms with Crippen LogP contribution in [0.15, 0.2) is 18.2 Å². The number of likely N-dealkylation sites (tertiary alicyclic amines) is 1. The molecule has 1 saturated heterocycles. The first kappa shape index (κ1) is 16.8. The molecule has 1 fully saturated rings. The minimum Gasteiger partial charge on any atom is -0.362 e. The third-order valence-electron chi connectivity index (χ3n) is 4.04. The fourth-order valence-electron chi connectivity index (χ4n) is 2.99. The van der Waals surface area contributed by atoms with E-state index in [9.17, 15) is 18.0 Å². The minimum absolute atomic E-state index is 0.250. The number of imidazole rings is 1. The molecule has 0 spiro atoms. The first-order chi connectivity index (χ1) is 11.3. The van der Waals surface area contributed by atoms with Crippen LogP contribution in [-0.4, -0.2) is 46.7 Å². The van der Waals surface area contributed by atoms with Gasteiger partial charge >= 0.3 is 6.18 Å². The van der Waals surface area contributed by atoms with Crippen LogP contribution in [0.2, 0.25) is 0 Å². The molecule has 0 radical (unpaired) electrons. The zero-order chi connectivity index (χ0) is 17.3. The molecule has 2 aromatic rings. The molecule has 1 amide bonds. The lowest BCUT2D eigenvalue weighted by molar-refractivity contribution is -0.178. The van der Waals surface area contributed by atoms with E-state index in [0.29, 0.717) is 12.4 Å². The highest BCUT2D eigenvalue weighted by Gasteiger charge is 2.33. The monoisotopic (exact) mass is 341 g/mol. The molecule has 24 heavy (non-hydrogen) atoms. The summed E-state index contributed by atoms with van der Waals surface area (Å²) in [5, 5.41) is 0. The van der Waals surface area contributed by atoms with E-state index >= 15 is 0 Å². The maximum absolute atomic E-state index is 12.2. The van der Waals surface area contributed by atoms with Gasteiger partial charge in [-0.05, 0) is 37.5 Å². The van der Waals surface area contributed by atoms with Gasteiger partial charge in [0.25, 0.3) is 0 Å². The number of aryl methyl sites for hydroxylation is 1. The van der Waals surface area contributed by atoms with Gasteiger partial charge in [0.1, 0.15) is 19.0 Å². The molecule has 130 valence electrons. The third-order valence-corrected chi connectivity index (χ3v) is 4.04. The smallest absolute Gasteiger partial charge is 0.362 e. The van der Waals surface area contributed by atoms with Crippen molar-refractivity contribution in [2.24, 2.45) is 0 Å². The highest BCUT2D eigenvalue weighted by atomic mass is 19.4. The average Bonchev–Trinajstić information content (AvgIpc) is 3.11. The van der Waals surface area contributed by atoms with E-state index in [4.69, 9.17) is 0 Å². The van der Waals surface area contributed by atoms with Gasteiger partial charge in [-0.2, -0.15) is 13.2 Å². The summed E-state index contributed by atoms with van der Waals surface area (Å²) in [5.74, 6) is 0.218. The van der Waals surface area contributed by atoms with Crippen molar-refractivity contribution < 1.29 is 22.7 Å². The van der Waals surface area contributed by atoms with Crippen LogP contribution >= 0.6 is 0 Å². The highest BCUT2D eigenvalue weighted by molar-refractivity contribution is 5.79. The van der Waals surface area contributed by atoms with Gasteiger partial charge in [0.05, 0.1) is 17.1 Å². The lowest BCUT2D eigenvalue weighted by Crippen LogP contribution is -2.35. The van der Waals surface area contributed by atoms with Gasteiger partial charge in [0, 0.05) is 6.54 Å². The molecule has 1 aromatic heterocycles. The standard InChI is InChI=1S/C16H18F3N3O2/c1-10-4-5-11-12(7-10)21-15(20-11)13-3-2-6-22(13)14(23)8-24-9-16(17,18)19/h4-5,7,13H,2-3,6,8-9H2,1H3,(H,20,21)/t13-/m0/s1. The predicted molar refractivity (Wildman–Crippen MR) is 81.4 cm³/mol. The van der Waals surface area contributed by atoms with Crippen LogP contribution in [0, 0.1) is 6.92 Å². The molecule has 3 rings (SSSR count). The second kappa shape index (κ2) is 6.43. The molecule has 2 heterocycles. The van der Waals surface area contributed by atoms with Gasteiger partial charge in [-0.25, -0.2) is 4.98 Å². The second-order valence-corrected chi connectivity index (χ2v) is 6.00. The van der Waals surface area contributed by atoms with Crippen molar-refractivity contribution in [2.45, 2.75) is 32.0 Å². The van der Waals surface area contributed by atoms with Gasteiger partial charge in [-0.3, -0.25) is 4.79 Å². The number of nitrogens with one attached hydrogen (secondary N) is 1. The number of alkyl halides is 3. The van der Waals surface area contributed by atoms with Crippen molar-refractivity contribution in [3.8, 4) is 0 Å². The number of H-pyrrole nitrogens is 1.